The third kappa shape index (κ3) is 4.23. The van der Waals surface area contributed by atoms with Crippen LogP contribution < -0.4 is 15.4 Å². The summed E-state index contributed by atoms with van der Waals surface area (Å²) in [4.78, 5) is 4.30. The lowest BCUT2D eigenvalue weighted by Gasteiger charge is -2.11. The average Bonchev–Trinajstić information content (AvgIpc) is 3.17. The quantitative estimate of drug-likeness (QED) is 0.677. The van der Waals surface area contributed by atoms with E-state index in [0.717, 1.165) is 43.7 Å². The molecule has 1 aromatic rings. The molecule has 1 aliphatic rings. The minimum Gasteiger partial charge on any atom is -0.490 e. The molecule has 0 amide bonds. The summed E-state index contributed by atoms with van der Waals surface area (Å²) in [7, 11) is 0. The number of hydrogen-bond acceptors (Lipinski definition) is 4. The van der Waals surface area contributed by atoms with Crippen LogP contribution in [0.2, 0.25) is 0 Å². The molecule has 0 aliphatic heterocycles. The van der Waals surface area contributed by atoms with E-state index in [-0.39, 0.29) is 0 Å². The monoisotopic (exact) mass is 235 g/mol. The van der Waals surface area contributed by atoms with Crippen molar-refractivity contribution in [1.29, 1.82) is 0 Å². The summed E-state index contributed by atoms with van der Waals surface area (Å²) in [5, 5.41) is 6.77. The Kier molecular flexibility index (Phi) is 4.62. The number of nitrogens with one attached hydrogen (secondary N) is 2. The normalized spacial score (nSPS) is 14.6. The number of anilines is 1. The van der Waals surface area contributed by atoms with Crippen LogP contribution in [0, 0.1) is 0 Å². The molecule has 0 unspecified atom stereocenters. The first-order valence-electron chi connectivity index (χ1n) is 6.45. The van der Waals surface area contributed by atoms with Crippen molar-refractivity contribution < 1.29 is 4.74 Å². The predicted octanol–water partition coefficient (Wildman–Crippen LogP) is 2.03. The van der Waals surface area contributed by atoms with Crippen LogP contribution in [-0.2, 0) is 0 Å². The third-order valence-electron chi connectivity index (χ3n) is 2.66. The van der Waals surface area contributed by atoms with Crippen molar-refractivity contribution in [3.8, 4) is 5.75 Å². The van der Waals surface area contributed by atoms with Crippen molar-refractivity contribution in [3.63, 3.8) is 0 Å². The summed E-state index contributed by atoms with van der Waals surface area (Å²) >= 11 is 0. The molecule has 0 spiro atoms. The van der Waals surface area contributed by atoms with E-state index in [2.05, 4.69) is 22.5 Å². The molecule has 1 heterocycles. The molecule has 94 valence electrons. The van der Waals surface area contributed by atoms with E-state index in [1.807, 2.05) is 12.1 Å². The average molecular weight is 235 g/mol. The van der Waals surface area contributed by atoms with E-state index in [9.17, 15) is 0 Å². The van der Waals surface area contributed by atoms with Crippen molar-refractivity contribution in [2.45, 2.75) is 32.2 Å². The SMILES string of the molecule is CCCOc1cccnc1NCCNC1CC1. The van der Waals surface area contributed by atoms with E-state index in [0.29, 0.717) is 0 Å². The molecular weight excluding hydrogens is 214 g/mol. The first-order valence-corrected chi connectivity index (χ1v) is 6.45. The molecule has 0 bridgehead atoms. The number of rotatable bonds is 8. The van der Waals surface area contributed by atoms with Crippen molar-refractivity contribution in [1.82, 2.24) is 10.3 Å². The topological polar surface area (TPSA) is 46.2 Å². The molecule has 2 N–H and O–H groups in total. The molecule has 0 aromatic carbocycles. The van der Waals surface area contributed by atoms with Gasteiger partial charge in [0, 0.05) is 25.3 Å². The van der Waals surface area contributed by atoms with Gasteiger partial charge in [-0.15, -0.1) is 0 Å². The van der Waals surface area contributed by atoms with Crippen LogP contribution >= 0.6 is 0 Å². The molecule has 1 aromatic heterocycles. The van der Waals surface area contributed by atoms with Crippen LogP contribution in [-0.4, -0.2) is 30.7 Å². The van der Waals surface area contributed by atoms with Gasteiger partial charge in [0.05, 0.1) is 6.61 Å². The molecule has 0 saturated heterocycles. The summed E-state index contributed by atoms with van der Waals surface area (Å²) < 4.78 is 5.63. The summed E-state index contributed by atoms with van der Waals surface area (Å²) in [6.45, 7) is 4.70. The Bertz CT molecular complexity index is 339. The van der Waals surface area contributed by atoms with Gasteiger partial charge in [0.25, 0.3) is 0 Å². The lowest BCUT2D eigenvalue weighted by atomic mass is 10.4. The maximum absolute atomic E-state index is 5.63. The van der Waals surface area contributed by atoms with Crippen LogP contribution in [0.4, 0.5) is 5.82 Å². The largest absolute Gasteiger partial charge is 0.490 e. The molecule has 4 heteroatoms. The van der Waals surface area contributed by atoms with Crippen molar-refractivity contribution in [3.05, 3.63) is 18.3 Å². The van der Waals surface area contributed by atoms with Crippen LogP contribution in [0.25, 0.3) is 0 Å². The van der Waals surface area contributed by atoms with Gasteiger partial charge in [-0.25, -0.2) is 4.98 Å². The zero-order valence-electron chi connectivity index (χ0n) is 10.4. The molecular formula is C13H21N3O. The minimum atomic E-state index is 0.737. The molecule has 17 heavy (non-hydrogen) atoms. The van der Waals surface area contributed by atoms with E-state index in [4.69, 9.17) is 4.74 Å². The van der Waals surface area contributed by atoms with Gasteiger partial charge in [0.2, 0.25) is 0 Å². The number of pyridine rings is 1. The molecule has 2 rings (SSSR count). The van der Waals surface area contributed by atoms with Gasteiger partial charge in [-0.3, -0.25) is 0 Å². The van der Waals surface area contributed by atoms with Crippen molar-refractivity contribution >= 4 is 5.82 Å². The van der Waals surface area contributed by atoms with Gasteiger partial charge in [-0.2, -0.15) is 0 Å². The van der Waals surface area contributed by atoms with E-state index < -0.39 is 0 Å². The van der Waals surface area contributed by atoms with Crippen molar-refractivity contribution in [2.24, 2.45) is 0 Å². The Morgan fingerprint density at radius 2 is 2.29 bits per heavy atom. The van der Waals surface area contributed by atoms with Gasteiger partial charge in [0.15, 0.2) is 11.6 Å². The molecule has 1 saturated carbocycles. The molecule has 4 nitrogen and oxygen atoms in total. The minimum absolute atomic E-state index is 0.737. The van der Waals surface area contributed by atoms with Crippen LogP contribution in [0.5, 0.6) is 5.75 Å². The zero-order chi connectivity index (χ0) is 11.9. The Hall–Kier alpha value is -1.29. The number of hydrogen-bond donors (Lipinski definition) is 2. The molecule has 1 aliphatic carbocycles. The summed E-state index contributed by atoms with van der Waals surface area (Å²) in [5.74, 6) is 1.69. The highest BCUT2D eigenvalue weighted by atomic mass is 16.5. The number of nitrogens with zero attached hydrogens (tertiary/aromatic N) is 1. The smallest absolute Gasteiger partial charge is 0.168 e. The second-order valence-corrected chi connectivity index (χ2v) is 4.35. The second-order valence-electron chi connectivity index (χ2n) is 4.35. The van der Waals surface area contributed by atoms with Crippen molar-refractivity contribution in [2.75, 3.05) is 25.0 Å². The highest BCUT2D eigenvalue weighted by Crippen LogP contribution is 2.21. The summed E-state index contributed by atoms with van der Waals surface area (Å²) in [6, 6.07) is 4.62. The molecule has 1 fully saturated rings. The Morgan fingerprint density at radius 1 is 1.41 bits per heavy atom. The highest BCUT2D eigenvalue weighted by molar-refractivity contribution is 5.49. The first kappa shape index (κ1) is 12.2. The van der Waals surface area contributed by atoms with Crippen LogP contribution in [0.15, 0.2) is 18.3 Å². The molecule has 0 radical (unpaired) electrons. The van der Waals surface area contributed by atoms with E-state index >= 15 is 0 Å². The second kappa shape index (κ2) is 6.45. The van der Waals surface area contributed by atoms with Crippen LogP contribution in [0.1, 0.15) is 26.2 Å². The predicted molar refractivity (Wildman–Crippen MR) is 69.5 cm³/mol. The fourth-order valence-corrected chi connectivity index (χ4v) is 1.60. The highest BCUT2D eigenvalue weighted by Gasteiger charge is 2.19. The lowest BCUT2D eigenvalue weighted by molar-refractivity contribution is 0.318. The standard InChI is InChI=1S/C13H21N3O/c1-2-10-17-12-4-3-7-15-13(12)16-9-8-14-11-5-6-11/h3-4,7,11,14H,2,5-6,8-10H2,1H3,(H,15,16). The van der Waals surface area contributed by atoms with Crippen LogP contribution in [0.3, 0.4) is 0 Å². The lowest BCUT2D eigenvalue weighted by Crippen LogP contribution is -2.24. The fourth-order valence-electron chi connectivity index (χ4n) is 1.60. The van der Waals surface area contributed by atoms with Gasteiger partial charge >= 0.3 is 0 Å². The number of ether oxygens (including phenoxy) is 1. The van der Waals surface area contributed by atoms with E-state index in [1.165, 1.54) is 12.8 Å². The van der Waals surface area contributed by atoms with Gasteiger partial charge in [-0.1, -0.05) is 6.92 Å². The fraction of sp³-hybridized carbons (Fsp3) is 0.615. The maximum atomic E-state index is 5.63. The van der Waals surface area contributed by atoms with Gasteiger partial charge < -0.3 is 15.4 Å². The third-order valence-corrected chi connectivity index (χ3v) is 2.66. The Labute approximate surface area is 103 Å². The Morgan fingerprint density at radius 3 is 3.06 bits per heavy atom. The summed E-state index contributed by atoms with van der Waals surface area (Å²) in [6.07, 6.45) is 5.45. The van der Waals surface area contributed by atoms with E-state index in [1.54, 1.807) is 6.20 Å². The Balaban J connectivity index is 1.76. The van der Waals surface area contributed by atoms with Gasteiger partial charge in [-0.05, 0) is 31.4 Å². The maximum Gasteiger partial charge on any atom is 0.168 e. The number of aromatic nitrogens is 1. The first-order chi connectivity index (χ1) is 8.40. The van der Waals surface area contributed by atoms with Gasteiger partial charge in [0.1, 0.15) is 0 Å². The summed E-state index contributed by atoms with van der Waals surface area (Å²) in [5.41, 5.74) is 0. The zero-order valence-corrected chi connectivity index (χ0v) is 10.4. The molecule has 0 atom stereocenters.